The van der Waals surface area contributed by atoms with E-state index in [1.807, 2.05) is 52.0 Å². The van der Waals surface area contributed by atoms with Gasteiger partial charge in [0.05, 0.1) is 18.4 Å². The van der Waals surface area contributed by atoms with Crippen LogP contribution < -0.4 is 9.64 Å². The molecule has 8 nitrogen and oxygen atoms in total. The predicted molar refractivity (Wildman–Crippen MR) is 187 cm³/mol. The van der Waals surface area contributed by atoms with Gasteiger partial charge in [0.2, 0.25) is 5.91 Å². The Balaban J connectivity index is 0.00000177. The molecule has 1 amide bonds. The van der Waals surface area contributed by atoms with Crippen LogP contribution in [-0.2, 0) is 16.0 Å². The van der Waals surface area contributed by atoms with Gasteiger partial charge in [0.25, 0.3) is 0 Å². The van der Waals surface area contributed by atoms with Crippen LogP contribution in [0.4, 0.5) is 5.69 Å². The predicted octanol–water partition coefficient (Wildman–Crippen LogP) is 7.26. The van der Waals surface area contributed by atoms with Crippen molar-refractivity contribution in [3.63, 3.8) is 0 Å². The second-order valence-electron chi connectivity index (χ2n) is 11.6. The molecular formula is C37H55ClN2O6. The van der Waals surface area contributed by atoms with Crippen molar-refractivity contribution in [1.29, 1.82) is 0 Å². The summed E-state index contributed by atoms with van der Waals surface area (Å²) < 4.78 is 6.32. The average Bonchev–Trinajstić information content (AvgIpc) is 3.22. The number of carbonyl (C=O) groups is 2. The van der Waals surface area contributed by atoms with E-state index in [1.165, 1.54) is 18.1 Å². The van der Waals surface area contributed by atoms with Gasteiger partial charge >= 0.3 is 5.97 Å². The van der Waals surface area contributed by atoms with Gasteiger partial charge in [0.1, 0.15) is 5.75 Å². The Hall–Kier alpha value is -3.07. The first kappa shape index (κ1) is 39.1. The lowest BCUT2D eigenvalue weighted by Gasteiger charge is -2.42. The summed E-state index contributed by atoms with van der Waals surface area (Å²) in [6, 6.07) is 11.1. The fourth-order valence-electron chi connectivity index (χ4n) is 6.00. The highest BCUT2D eigenvalue weighted by Gasteiger charge is 2.38. The number of rotatable bonds is 12. The first-order valence-electron chi connectivity index (χ1n) is 16.9. The lowest BCUT2D eigenvalue weighted by atomic mass is 9.70. The van der Waals surface area contributed by atoms with Gasteiger partial charge in [-0.3, -0.25) is 4.79 Å². The highest BCUT2D eigenvalue weighted by Crippen LogP contribution is 2.43. The molecule has 3 N–H and O–H groups in total. The summed E-state index contributed by atoms with van der Waals surface area (Å²) >= 11 is 6.35. The molecule has 5 unspecified atom stereocenters. The van der Waals surface area contributed by atoms with Gasteiger partial charge in [0.15, 0.2) is 6.10 Å². The highest BCUT2D eigenvalue weighted by atomic mass is 35.5. The molecule has 1 fully saturated rings. The topological polar surface area (TPSA) is 111 Å². The smallest absolute Gasteiger partial charge is 0.337 e. The summed E-state index contributed by atoms with van der Waals surface area (Å²) in [6.45, 7) is 14.1. The number of carbonyl (C=O) groups excluding carboxylic acids is 1. The maximum absolute atomic E-state index is 11.6. The largest absolute Gasteiger partial charge is 0.491 e. The lowest BCUT2D eigenvalue weighted by molar-refractivity contribution is -0.147. The molecule has 1 heterocycles. The molecule has 9 heteroatoms. The van der Waals surface area contributed by atoms with E-state index < -0.39 is 18.2 Å². The number of hydrogen-bond donors (Lipinski definition) is 3. The zero-order valence-electron chi connectivity index (χ0n) is 28.7. The van der Waals surface area contributed by atoms with E-state index in [-0.39, 0.29) is 23.7 Å². The number of aliphatic hydroxyl groups is 2. The first-order valence-corrected chi connectivity index (χ1v) is 17.2. The number of hydrogen-bond acceptors (Lipinski definition) is 6. The van der Waals surface area contributed by atoms with Crippen molar-refractivity contribution in [3.8, 4) is 5.75 Å². The van der Waals surface area contributed by atoms with Crippen LogP contribution in [0.1, 0.15) is 95.9 Å². The van der Waals surface area contributed by atoms with Gasteiger partial charge < -0.3 is 29.9 Å². The number of aliphatic carboxylic acids is 1. The van der Waals surface area contributed by atoms with Crippen LogP contribution in [-0.4, -0.2) is 71.5 Å². The molecule has 0 spiro atoms. The standard InChI is InChI=1S/C33H43ClN2O6.2C2H6/c1-4-7-22-16-26(34)11-13-27(22)25-19-36(29-17-23(32(39)33(40)41)10-14-31(29)42-20-25)18-24-9-12-28(24)30(38)8-5-6-15-35(3)21(2)37;2*1-2/h5,8,10-11,13-14,16-17,24-25,28,30,32,38-39H,4,6-7,9,12,15,18-20H2,1-3H3,(H,40,41);2*1-2H3/b8-5+;;. The van der Waals surface area contributed by atoms with Crippen molar-refractivity contribution < 1.29 is 29.6 Å². The van der Waals surface area contributed by atoms with E-state index in [2.05, 4.69) is 17.9 Å². The van der Waals surface area contributed by atoms with Crippen LogP contribution in [0.3, 0.4) is 0 Å². The van der Waals surface area contributed by atoms with Crippen molar-refractivity contribution in [1.82, 2.24) is 4.90 Å². The van der Waals surface area contributed by atoms with E-state index >= 15 is 0 Å². The molecule has 0 bridgehead atoms. The van der Waals surface area contributed by atoms with Gasteiger partial charge in [-0.2, -0.15) is 0 Å². The minimum absolute atomic E-state index is 0.0162. The minimum Gasteiger partial charge on any atom is -0.491 e. The number of aliphatic hydroxyl groups excluding tert-OH is 2. The Morgan fingerprint density at radius 1 is 1.11 bits per heavy atom. The van der Waals surface area contributed by atoms with Crippen molar-refractivity contribution in [2.75, 3.05) is 38.2 Å². The molecule has 256 valence electrons. The van der Waals surface area contributed by atoms with Crippen molar-refractivity contribution in [3.05, 3.63) is 70.3 Å². The molecule has 1 saturated carbocycles. The van der Waals surface area contributed by atoms with Gasteiger partial charge in [-0.25, -0.2) is 4.79 Å². The van der Waals surface area contributed by atoms with E-state index in [4.69, 9.17) is 16.3 Å². The van der Waals surface area contributed by atoms with Crippen LogP contribution in [0.5, 0.6) is 5.75 Å². The molecule has 0 aromatic heterocycles. The molecule has 2 aromatic rings. The van der Waals surface area contributed by atoms with E-state index in [0.717, 1.165) is 31.4 Å². The van der Waals surface area contributed by atoms with Crippen molar-refractivity contribution in [2.45, 2.75) is 91.8 Å². The minimum atomic E-state index is -1.63. The quantitative estimate of drug-likeness (QED) is 0.206. The average molecular weight is 659 g/mol. The second kappa shape index (κ2) is 19.6. The maximum Gasteiger partial charge on any atom is 0.337 e. The zero-order valence-corrected chi connectivity index (χ0v) is 29.5. The number of anilines is 1. The summed E-state index contributed by atoms with van der Waals surface area (Å²) in [5, 5.41) is 31.4. The summed E-state index contributed by atoms with van der Waals surface area (Å²) in [5.74, 6) is -0.270. The normalized spacial score (nSPS) is 20.0. The van der Waals surface area contributed by atoms with Gasteiger partial charge in [-0.1, -0.05) is 76.9 Å². The Morgan fingerprint density at radius 3 is 2.43 bits per heavy atom. The number of nitrogens with zero attached hydrogens (tertiary/aromatic N) is 2. The van der Waals surface area contributed by atoms with Crippen LogP contribution >= 0.6 is 11.6 Å². The summed E-state index contributed by atoms with van der Waals surface area (Å²) in [6.07, 6.45) is 6.03. The Labute approximate surface area is 281 Å². The van der Waals surface area contributed by atoms with E-state index in [9.17, 15) is 24.9 Å². The van der Waals surface area contributed by atoms with E-state index in [1.54, 1.807) is 30.1 Å². The molecular weight excluding hydrogens is 604 g/mol. The first-order chi connectivity index (χ1) is 22.1. The number of aryl methyl sites for hydroxylation is 1. The monoisotopic (exact) mass is 658 g/mol. The zero-order chi connectivity index (χ0) is 34.4. The van der Waals surface area contributed by atoms with Crippen LogP contribution in [0.2, 0.25) is 5.02 Å². The summed E-state index contributed by atoms with van der Waals surface area (Å²) in [5.41, 5.74) is 3.44. The Morgan fingerprint density at radius 2 is 1.83 bits per heavy atom. The molecule has 46 heavy (non-hydrogen) atoms. The van der Waals surface area contributed by atoms with Crippen LogP contribution in [0.25, 0.3) is 0 Å². The molecule has 0 saturated heterocycles. The molecule has 0 radical (unpaired) electrons. The third kappa shape index (κ3) is 10.5. The number of carboxylic acids is 1. The third-order valence-corrected chi connectivity index (χ3v) is 8.93. The number of halogens is 1. The van der Waals surface area contributed by atoms with Gasteiger partial charge in [-0.05, 0) is 78.5 Å². The summed E-state index contributed by atoms with van der Waals surface area (Å²) in [7, 11) is 1.76. The summed E-state index contributed by atoms with van der Waals surface area (Å²) in [4.78, 5) is 26.9. The van der Waals surface area contributed by atoms with Gasteiger partial charge in [-0.15, -0.1) is 0 Å². The van der Waals surface area contributed by atoms with Crippen LogP contribution in [0.15, 0.2) is 48.6 Å². The van der Waals surface area contributed by atoms with Crippen molar-refractivity contribution in [2.24, 2.45) is 11.8 Å². The number of amides is 1. The van der Waals surface area contributed by atoms with Crippen molar-refractivity contribution >= 4 is 29.2 Å². The molecule has 2 aliphatic rings. The maximum atomic E-state index is 11.6. The molecule has 1 aliphatic carbocycles. The Bertz CT molecular complexity index is 1280. The molecule has 2 aromatic carbocycles. The number of carboxylic acid groups (broad SMARTS) is 1. The van der Waals surface area contributed by atoms with Crippen LogP contribution in [0, 0.1) is 11.8 Å². The lowest BCUT2D eigenvalue weighted by Crippen LogP contribution is -2.44. The fraction of sp³-hybridized carbons (Fsp3) is 0.568. The fourth-order valence-corrected chi connectivity index (χ4v) is 6.20. The third-order valence-electron chi connectivity index (χ3n) is 8.69. The molecule has 5 atom stereocenters. The number of ether oxygens (including phenoxy) is 1. The van der Waals surface area contributed by atoms with E-state index in [0.29, 0.717) is 49.0 Å². The Kier molecular flexibility index (Phi) is 16.6. The number of benzene rings is 2. The highest BCUT2D eigenvalue weighted by molar-refractivity contribution is 6.30. The second-order valence-corrected chi connectivity index (χ2v) is 12.1. The van der Waals surface area contributed by atoms with Gasteiger partial charge in [0, 0.05) is 44.5 Å². The number of fused-ring (bicyclic) bond motifs is 1. The SMILES string of the molecule is CC.CC.CCCc1cc(Cl)ccc1C1COc2ccc(C(O)C(=O)O)cc2N(CC2CCC2C(O)/C=C/CCN(C)C(C)=O)C1. The molecule has 4 rings (SSSR count). The molecule has 1 aliphatic heterocycles.